The molecule has 3 atom stereocenters. The average molecular weight is 185 g/mol. The number of hydrogen-bond acceptors (Lipinski definition) is 2. The second-order valence-corrected chi connectivity index (χ2v) is 4.21. The molecule has 1 rings (SSSR count). The van der Waals surface area contributed by atoms with Crippen LogP contribution in [0.1, 0.15) is 46.5 Å². The van der Waals surface area contributed by atoms with Crippen molar-refractivity contribution in [3.8, 4) is 0 Å². The van der Waals surface area contributed by atoms with Crippen LogP contribution in [0.3, 0.4) is 0 Å². The Bertz CT molecular complexity index is 149. The second-order valence-electron chi connectivity index (χ2n) is 4.21. The van der Waals surface area contributed by atoms with Crippen LogP contribution in [-0.2, 0) is 0 Å². The van der Waals surface area contributed by atoms with E-state index < -0.39 is 0 Å². The molecule has 2 nitrogen and oxygen atoms in total. The van der Waals surface area contributed by atoms with Crippen LogP contribution in [-0.4, -0.2) is 34.7 Å². The van der Waals surface area contributed by atoms with Gasteiger partial charge in [-0.1, -0.05) is 13.8 Å². The van der Waals surface area contributed by atoms with E-state index in [-0.39, 0.29) is 6.10 Å². The summed E-state index contributed by atoms with van der Waals surface area (Å²) in [5, 5.41) is 9.47. The van der Waals surface area contributed by atoms with E-state index in [0.717, 1.165) is 19.4 Å². The highest BCUT2D eigenvalue weighted by Gasteiger charge is 2.28. The summed E-state index contributed by atoms with van der Waals surface area (Å²) >= 11 is 0. The van der Waals surface area contributed by atoms with Gasteiger partial charge in [0.05, 0.1) is 6.10 Å². The van der Waals surface area contributed by atoms with Gasteiger partial charge in [0, 0.05) is 12.1 Å². The highest BCUT2D eigenvalue weighted by molar-refractivity contribution is 4.84. The van der Waals surface area contributed by atoms with Crippen molar-refractivity contribution in [1.29, 1.82) is 0 Å². The maximum absolute atomic E-state index is 9.47. The molecule has 0 aromatic heterocycles. The molecule has 0 aromatic carbocycles. The number of hydrogen-bond donors (Lipinski definition) is 1. The monoisotopic (exact) mass is 185 g/mol. The van der Waals surface area contributed by atoms with E-state index in [1.54, 1.807) is 0 Å². The van der Waals surface area contributed by atoms with Crippen molar-refractivity contribution in [2.75, 3.05) is 6.54 Å². The highest BCUT2D eigenvalue weighted by atomic mass is 16.3. The molecule has 1 saturated carbocycles. The zero-order valence-corrected chi connectivity index (χ0v) is 9.16. The average Bonchev–Trinajstić information content (AvgIpc) is 2.53. The van der Waals surface area contributed by atoms with Gasteiger partial charge in [0.15, 0.2) is 0 Å². The van der Waals surface area contributed by atoms with E-state index in [2.05, 4.69) is 25.7 Å². The molecule has 1 aliphatic carbocycles. The molecule has 3 unspecified atom stereocenters. The van der Waals surface area contributed by atoms with E-state index in [0.29, 0.717) is 12.1 Å². The molecule has 0 radical (unpaired) electrons. The zero-order valence-electron chi connectivity index (χ0n) is 9.16. The van der Waals surface area contributed by atoms with Gasteiger partial charge in [-0.05, 0) is 39.2 Å². The van der Waals surface area contributed by atoms with Crippen molar-refractivity contribution in [2.24, 2.45) is 0 Å². The fourth-order valence-corrected chi connectivity index (χ4v) is 2.40. The lowest BCUT2D eigenvalue weighted by atomic mass is 10.1. The Balaban J connectivity index is 2.46. The maximum atomic E-state index is 9.47. The molecule has 0 aliphatic heterocycles. The van der Waals surface area contributed by atoms with Crippen LogP contribution in [0.15, 0.2) is 0 Å². The van der Waals surface area contributed by atoms with E-state index in [9.17, 15) is 5.11 Å². The minimum absolute atomic E-state index is 0.0388. The van der Waals surface area contributed by atoms with Gasteiger partial charge in [0.25, 0.3) is 0 Å². The predicted molar refractivity (Wildman–Crippen MR) is 55.8 cm³/mol. The number of nitrogens with zero attached hydrogens (tertiary/aromatic N) is 1. The molecule has 1 N–H and O–H groups in total. The molecular formula is C11H23NO. The van der Waals surface area contributed by atoms with Crippen molar-refractivity contribution in [3.63, 3.8) is 0 Å². The lowest BCUT2D eigenvalue weighted by Crippen LogP contribution is -2.40. The third-order valence-corrected chi connectivity index (χ3v) is 3.37. The molecule has 0 spiro atoms. The first-order valence-electron chi connectivity index (χ1n) is 5.62. The summed E-state index contributed by atoms with van der Waals surface area (Å²) in [5.41, 5.74) is 0. The summed E-state index contributed by atoms with van der Waals surface area (Å²) in [6.07, 6.45) is 4.33. The number of rotatable bonds is 4. The van der Waals surface area contributed by atoms with Crippen molar-refractivity contribution in [1.82, 2.24) is 4.90 Å². The lowest BCUT2D eigenvalue weighted by Gasteiger charge is -2.32. The van der Waals surface area contributed by atoms with Crippen LogP contribution in [0.4, 0.5) is 0 Å². The summed E-state index contributed by atoms with van der Waals surface area (Å²) in [6, 6.07) is 1.30. The van der Waals surface area contributed by atoms with Gasteiger partial charge in [-0.2, -0.15) is 0 Å². The van der Waals surface area contributed by atoms with Gasteiger partial charge in [-0.15, -0.1) is 0 Å². The molecule has 13 heavy (non-hydrogen) atoms. The molecule has 1 aliphatic rings. The third kappa shape index (κ3) is 2.68. The van der Waals surface area contributed by atoms with Gasteiger partial charge in [0.1, 0.15) is 0 Å². The first-order valence-corrected chi connectivity index (χ1v) is 5.62. The fraction of sp³-hybridized carbons (Fsp3) is 1.00. The van der Waals surface area contributed by atoms with Crippen LogP contribution in [0.2, 0.25) is 0 Å². The molecular weight excluding hydrogens is 162 g/mol. The van der Waals surface area contributed by atoms with Gasteiger partial charge < -0.3 is 5.11 Å². The molecule has 0 aromatic rings. The normalized spacial score (nSPS) is 31.2. The van der Waals surface area contributed by atoms with E-state index in [4.69, 9.17) is 0 Å². The summed E-state index contributed by atoms with van der Waals surface area (Å²) in [7, 11) is 0. The van der Waals surface area contributed by atoms with Gasteiger partial charge in [-0.25, -0.2) is 0 Å². The maximum Gasteiger partial charge on any atom is 0.0555 e. The van der Waals surface area contributed by atoms with Crippen molar-refractivity contribution in [3.05, 3.63) is 0 Å². The highest BCUT2D eigenvalue weighted by Crippen LogP contribution is 2.25. The lowest BCUT2D eigenvalue weighted by molar-refractivity contribution is 0.126. The van der Waals surface area contributed by atoms with Crippen LogP contribution >= 0.6 is 0 Å². The topological polar surface area (TPSA) is 23.5 Å². The van der Waals surface area contributed by atoms with Gasteiger partial charge in [0.2, 0.25) is 0 Å². The standard InChI is InChI=1S/C11H23NO/c1-4-9(3)12(5-2)10-6-7-11(13)8-10/h9-11,13H,4-8H2,1-3H3. The van der Waals surface area contributed by atoms with Crippen molar-refractivity contribution < 1.29 is 5.11 Å². The second kappa shape index (κ2) is 4.97. The van der Waals surface area contributed by atoms with Gasteiger partial charge in [-0.3, -0.25) is 4.90 Å². The Morgan fingerprint density at radius 1 is 1.38 bits per heavy atom. The smallest absolute Gasteiger partial charge is 0.0555 e. The van der Waals surface area contributed by atoms with E-state index in [1.807, 2.05) is 0 Å². The van der Waals surface area contributed by atoms with E-state index >= 15 is 0 Å². The number of aliphatic hydroxyl groups is 1. The minimum atomic E-state index is -0.0388. The molecule has 78 valence electrons. The van der Waals surface area contributed by atoms with E-state index in [1.165, 1.54) is 12.8 Å². The summed E-state index contributed by atoms with van der Waals surface area (Å²) < 4.78 is 0. The minimum Gasteiger partial charge on any atom is -0.393 e. The van der Waals surface area contributed by atoms with Gasteiger partial charge >= 0.3 is 0 Å². The molecule has 1 fully saturated rings. The Labute approximate surface area is 81.9 Å². The molecule has 0 bridgehead atoms. The third-order valence-electron chi connectivity index (χ3n) is 3.37. The first-order chi connectivity index (χ1) is 6.19. The van der Waals surface area contributed by atoms with Crippen LogP contribution < -0.4 is 0 Å². The Morgan fingerprint density at radius 2 is 2.08 bits per heavy atom. The Morgan fingerprint density at radius 3 is 2.46 bits per heavy atom. The molecule has 2 heteroatoms. The fourth-order valence-electron chi connectivity index (χ4n) is 2.40. The quantitative estimate of drug-likeness (QED) is 0.724. The van der Waals surface area contributed by atoms with Crippen LogP contribution in [0, 0.1) is 0 Å². The van der Waals surface area contributed by atoms with Crippen LogP contribution in [0.25, 0.3) is 0 Å². The largest absolute Gasteiger partial charge is 0.393 e. The van der Waals surface area contributed by atoms with Crippen molar-refractivity contribution >= 4 is 0 Å². The van der Waals surface area contributed by atoms with Crippen LogP contribution in [0.5, 0.6) is 0 Å². The summed E-state index contributed by atoms with van der Waals surface area (Å²) in [4.78, 5) is 2.54. The predicted octanol–water partition coefficient (Wildman–Crippen LogP) is 2.02. The summed E-state index contributed by atoms with van der Waals surface area (Å²) in [5.74, 6) is 0. The Hall–Kier alpha value is -0.0800. The number of aliphatic hydroxyl groups excluding tert-OH is 1. The molecule has 0 saturated heterocycles. The molecule has 0 amide bonds. The van der Waals surface area contributed by atoms with Crippen molar-refractivity contribution in [2.45, 2.75) is 64.6 Å². The SMILES string of the molecule is CCC(C)N(CC)C1CCC(O)C1. The zero-order chi connectivity index (χ0) is 9.84. The Kier molecular flexibility index (Phi) is 4.20. The molecule has 0 heterocycles. The first kappa shape index (κ1) is 11.0. The summed E-state index contributed by atoms with van der Waals surface area (Å²) in [6.45, 7) is 7.86.